The molecule has 5 nitrogen and oxygen atoms in total. The van der Waals surface area contributed by atoms with Crippen LogP contribution in [0.4, 0.5) is 0 Å². The second kappa shape index (κ2) is 32.0. The fourth-order valence-corrected chi connectivity index (χ4v) is 13.9. The molecule has 5 heteroatoms. The molecule has 0 fully saturated rings. The van der Waals surface area contributed by atoms with Crippen LogP contribution in [0.3, 0.4) is 0 Å². The summed E-state index contributed by atoms with van der Waals surface area (Å²) in [5.74, 6) is 0. The van der Waals surface area contributed by atoms with E-state index in [9.17, 15) is 0 Å². The summed E-state index contributed by atoms with van der Waals surface area (Å²) in [5.41, 5.74) is 34.3. The third-order valence-electron chi connectivity index (χ3n) is 19.4. The van der Waals surface area contributed by atoms with Crippen molar-refractivity contribution in [3.8, 4) is 89.7 Å². The molecule has 0 radical (unpaired) electrons. The van der Waals surface area contributed by atoms with Crippen molar-refractivity contribution in [2.45, 2.75) is 114 Å². The number of rotatable bonds is 8. The van der Waals surface area contributed by atoms with E-state index in [0.717, 1.165) is 33.6 Å². The molecule has 8 aromatic carbocycles. The number of hydrogen-bond acceptors (Lipinski definition) is 0. The van der Waals surface area contributed by atoms with Crippen LogP contribution in [0.2, 0.25) is 0 Å². The fraction of sp³-hybridized carbons (Fsp3) is 0.232. The van der Waals surface area contributed by atoms with Crippen molar-refractivity contribution < 1.29 is 36.5 Å². The summed E-state index contributed by atoms with van der Waals surface area (Å²) in [6.45, 7) is 14.7. The molecule has 0 unspecified atom stereocenters. The van der Waals surface area contributed by atoms with E-state index in [2.05, 4.69) is 276 Å². The molecule has 0 amide bonds. The van der Waals surface area contributed by atoms with Gasteiger partial charge in [0, 0.05) is 99.7 Å². The molecule has 0 saturated heterocycles. The highest BCUT2D eigenvalue weighted by Crippen LogP contribution is 2.33. The van der Waals surface area contributed by atoms with Crippen LogP contribution in [0.5, 0.6) is 0 Å². The predicted octanol–water partition coefficient (Wildman–Crippen LogP) is 20.3. The van der Waals surface area contributed by atoms with E-state index in [1.54, 1.807) is 59.8 Å². The van der Waals surface area contributed by atoms with Crippen molar-refractivity contribution in [1.29, 1.82) is 0 Å². The smallest absolute Gasteiger partial charge is 0.201 e. The molecule has 0 bridgehead atoms. The highest BCUT2D eigenvalue weighted by molar-refractivity contribution is 5.73. The van der Waals surface area contributed by atoms with Crippen LogP contribution in [-0.4, -0.2) is 0 Å². The Labute approximate surface area is 611 Å². The van der Waals surface area contributed by atoms with Gasteiger partial charge in [-0.3, -0.25) is 0 Å². The molecule has 2 aliphatic carbocycles. The third-order valence-corrected chi connectivity index (χ3v) is 19.4. The fourth-order valence-electron chi connectivity index (χ4n) is 13.9. The topological polar surface area (TPSA) is 19.4 Å². The first-order chi connectivity index (χ1) is 52.1. The lowest BCUT2D eigenvalue weighted by Crippen LogP contribution is -2.31. The monoisotopic (exact) mass is 1320 g/mol. The lowest BCUT2D eigenvalue weighted by atomic mass is 9.97. The standard InChI is InChI=1S/C21H22N.2C20H20N.2C17H20N/c1-15-10-11-19(16(2)12-15)21-13-17(3)20(14-22(21)4)18-8-6-5-7-9-18;2*1-15-9-7-8-12-18(15)20-13-16(2)19(14-21(20)3)17-10-5-4-6-11-17;2*1-12-7-8-16(13(2)9-12)17-10-14-5-4-6-15(14)11-18(17)3/h5-14H,1-4H3;2*4-14H,1-3H3;2*7-11H,4-6H2,1-3H3/q5*+1/i1D3;;;1D3,5D2,6D2;. The first-order valence-corrected chi connectivity index (χ1v) is 34.7. The van der Waals surface area contributed by atoms with Gasteiger partial charge < -0.3 is 0 Å². The SMILES string of the molecule is Cc1cc(-c2ccccc2C)[n+](C)cc1-c1ccccc1.Cc1cc(-c2ccccc2C)[n+](C)cc1-c1ccccc1.Cc1ccc(-c2cc3c(c[n+]2C)CCC3)c(C)c1.[2H]C([2H])([2H])c1ccc(-c2cc(C)c(-c3ccccc3)c[n+]2C)c(C)c1.[2H]C([2H])([2H])c1ccc(-c2cc3c(c[n+]2C)C([2H])([2H])CC3([2H])[2H])c(C)c1. The van der Waals surface area contributed by atoms with Crippen LogP contribution in [0.25, 0.3) is 89.7 Å². The zero-order chi connectivity index (χ0) is 79.3. The summed E-state index contributed by atoms with van der Waals surface area (Å²) in [4.78, 5) is 0. The minimum Gasteiger partial charge on any atom is -0.201 e. The number of fused-ring (bicyclic) bond motifs is 2. The molecular formula is C95H102N5+5. The van der Waals surface area contributed by atoms with Gasteiger partial charge in [0.2, 0.25) is 28.5 Å². The summed E-state index contributed by atoms with van der Waals surface area (Å²) < 4.78 is 88.4. The second-order valence-electron chi connectivity index (χ2n) is 27.0. The predicted molar refractivity (Wildman–Crippen MR) is 418 cm³/mol. The minimum atomic E-state index is -2.17. The summed E-state index contributed by atoms with van der Waals surface area (Å²) in [7, 11) is 10.2. The number of nitrogens with zero attached hydrogens (tertiary/aromatic N) is 5. The van der Waals surface area contributed by atoms with E-state index in [1.807, 2.05) is 45.2 Å². The number of pyridine rings is 5. The summed E-state index contributed by atoms with van der Waals surface area (Å²) in [5, 5.41) is 0. The Kier molecular flexibility index (Phi) is 18.7. The quantitative estimate of drug-likeness (QED) is 0.135. The Morgan fingerprint density at radius 1 is 0.250 bits per heavy atom. The van der Waals surface area contributed by atoms with Crippen molar-refractivity contribution in [1.82, 2.24) is 0 Å². The summed E-state index contributed by atoms with van der Waals surface area (Å²) >= 11 is 0. The Balaban J connectivity index is 0.000000137. The maximum absolute atomic E-state index is 8.17. The second-order valence-corrected chi connectivity index (χ2v) is 27.0. The maximum atomic E-state index is 8.17. The first kappa shape index (κ1) is 58.5. The highest BCUT2D eigenvalue weighted by atomic mass is 14.9. The largest absolute Gasteiger partial charge is 0.212 e. The van der Waals surface area contributed by atoms with Crippen molar-refractivity contribution >= 4 is 0 Å². The van der Waals surface area contributed by atoms with Gasteiger partial charge in [-0.15, -0.1) is 0 Å². The van der Waals surface area contributed by atoms with E-state index in [4.69, 9.17) is 13.7 Å². The Morgan fingerprint density at radius 3 is 0.940 bits per heavy atom. The van der Waals surface area contributed by atoms with Gasteiger partial charge in [0.05, 0.1) is 0 Å². The van der Waals surface area contributed by atoms with E-state index < -0.39 is 26.4 Å². The molecule has 0 aliphatic heterocycles. The summed E-state index contributed by atoms with van der Waals surface area (Å²) in [6, 6.07) is 76.3. The molecule has 0 atom stereocenters. The molecule has 5 heterocycles. The molecule has 0 N–H and O–H groups in total. The van der Waals surface area contributed by atoms with Crippen molar-refractivity contribution in [3.63, 3.8) is 0 Å². The van der Waals surface area contributed by atoms with Crippen LogP contribution >= 0.6 is 0 Å². The lowest BCUT2D eigenvalue weighted by molar-refractivity contribution is -0.661. The minimum absolute atomic E-state index is 0.199. The van der Waals surface area contributed by atoms with Crippen LogP contribution in [0.15, 0.2) is 255 Å². The molecule has 0 spiro atoms. The number of hydrogen-bond donors (Lipinski definition) is 0. The zero-order valence-corrected chi connectivity index (χ0v) is 60.8. The van der Waals surface area contributed by atoms with Crippen molar-refractivity contribution in [3.05, 3.63) is 339 Å². The average molecular weight is 1320 g/mol. The van der Waals surface area contributed by atoms with Gasteiger partial charge in [0.15, 0.2) is 31.0 Å². The highest BCUT2D eigenvalue weighted by Gasteiger charge is 2.24. The molecule has 2 aliphatic rings. The van der Waals surface area contributed by atoms with Crippen LogP contribution in [0.1, 0.15) is 110 Å². The normalized spacial score (nSPS) is 14.5. The van der Waals surface area contributed by atoms with E-state index in [0.29, 0.717) is 16.7 Å². The molecule has 0 saturated carbocycles. The molecule has 15 rings (SSSR count). The van der Waals surface area contributed by atoms with Gasteiger partial charge >= 0.3 is 0 Å². The molecule has 502 valence electrons. The molecule has 13 aromatic rings. The maximum Gasteiger partial charge on any atom is 0.212 e. The molecule has 5 aromatic heterocycles. The van der Waals surface area contributed by atoms with E-state index >= 15 is 0 Å². The lowest BCUT2D eigenvalue weighted by Gasteiger charge is -2.10. The van der Waals surface area contributed by atoms with Gasteiger partial charge in [0.1, 0.15) is 35.2 Å². The van der Waals surface area contributed by atoms with Gasteiger partial charge in [-0.1, -0.05) is 180 Å². The third kappa shape index (κ3) is 16.6. The Morgan fingerprint density at radius 2 is 0.550 bits per heavy atom. The van der Waals surface area contributed by atoms with Gasteiger partial charge in [-0.2, -0.15) is 0 Å². The number of aromatic nitrogens is 5. The number of benzene rings is 8. The number of aryl methyl sites for hydroxylation is 20. The van der Waals surface area contributed by atoms with E-state index in [1.165, 1.54) is 131 Å². The first-order valence-electron chi connectivity index (χ1n) is 39.7. The van der Waals surface area contributed by atoms with Crippen LogP contribution in [-0.2, 0) is 60.8 Å². The zero-order valence-electron chi connectivity index (χ0n) is 70.8. The molecular weight excluding hydrogens is 1210 g/mol. The van der Waals surface area contributed by atoms with E-state index in [-0.39, 0.29) is 12.0 Å². The van der Waals surface area contributed by atoms with Crippen LogP contribution < -0.4 is 22.8 Å². The van der Waals surface area contributed by atoms with Crippen molar-refractivity contribution in [2.75, 3.05) is 0 Å². The summed E-state index contributed by atoms with van der Waals surface area (Å²) in [6.07, 6.45) is 10.7. The Hall–Kier alpha value is -10.5. The van der Waals surface area contributed by atoms with Gasteiger partial charge in [-0.05, 0) is 217 Å². The van der Waals surface area contributed by atoms with Crippen molar-refractivity contribution in [2.24, 2.45) is 35.2 Å². The van der Waals surface area contributed by atoms with Crippen LogP contribution in [0, 0.1) is 76.0 Å². The van der Waals surface area contributed by atoms with Gasteiger partial charge in [0.25, 0.3) is 0 Å². The Bertz CT molecular complexity index is 5380. The van der Waals surface area contributed by atoms with Gasteiger partial charge in [-0.25, -0.2) is 22.8 Å². The molecule has 100 heavy (non-hydrogen) atoms. The average Bonchev–Trinajstić information content (AvgIpc) is 1.58.